The van der Waals surface area contributed by atoms with Crippen molar-refractivity contribution in [2.75, 3.05) is 6.61 Å². The molecule has 1 aromatic rings. The molecule has 0 atom stereocenters. The zero-order valence-corrected chi connectivity index (χ0v) is 11.3. The normalized spacial score (nSPS) is 18.3. The Morgan fingerprint density at radius 3 is 2.65 bits per heavy atom. The molecule has 0 unspecified atom stereocenters. The van der Waals surface area contributed by atoms with Crippen LogP contribution in [0.4, 0.5) is 0 Å². The van der Waals surface area contributed by atoms with Crippen LogP contribution < -0.4 is 4.74 Å². The topological polar surface area (TPSA) is 27.1 Å². The molecule has 0 aliphatic heterocycles. The van der Waals surface area contributed by atoms with E-state index in [4.69, 9.17) is 4.74 Å². The Morgan fingerprint density at radius 2 is 2.00 bits per heavy atom. The lowest BCUT2D eigenvalue weighted by Gasteiger charge is -2.21. The van der Waals surface area contributed by atoms with E-state index in [2.05, 4.69) is 36.7 Å². The summed E-state index contributed by atoms with van der Waals surface area (Å²) in [6, 6.07) is 0.593. The lowest BCUT2D eigenvalue weighted by molar-refractivity contribution is 0.197. The van der Waals surface area contributed by atoms with E-state index in [0.29, 0.717) is 6.04 Å². The van der Waals surface area contributed by atoms with Gasteiger partial charge < -0.3 is 4.74 Å². The van der Waals surface area contributed by atoms with E-state index in [-0.39, 0.29) is 5.41 Å². The molecule has 1 aliphatic carbocycles. The molecule has 96 valence electrons. The summed E-state index contributed by atoms with van der Waals surface area (Å²) >= 11 is 0. The van der Waals surface area contributed by atoms with Crippen LogP contribution in [-0.2, 0) is 0 Å². The Labute approximate surface area is 104 Å². The molecule has 0 radical (unpaired) electrons. The van der Waals surface area contributed by atoms with Crippen molar-refractivity contribution in [3.63, 3.8) is 0 Å². The van der Waals surface area contributed by atoms with Gasteiger partial charge in [0, 0.05) is 0 Å². The van der Waals surface area contributed by atoms with Crippen molar-refractivity contribution < 1.29 is 4.74 Å². The molecule has 0 aromatic carbocycles. The molecule has 17 heavy (non-hydrogen) atoms. The summed E-state index contributed by atoms with van der Waals surface area (Å²) in [6.45, 7) is 7.28. The van der Waals surface area contributed by atoms with Gasteiger partial charge in [-0.25, -0.2) is 0 Å². The molecule has 0 N–H and O–H groups in total. The van der Waals surface area contributed by atoms with Gasteiger partial charge in [0.1, 0.15) is 0 Å². The Bertz CT molecular complexity index is 345. The molecule has 0 amide bonds. The minimum Gasteiger partial charge on any atom is -0.490 e. The molecule has 0 bridgehead atoms. The first-order chi connectivity index (χ1) is 8.04. The predicted octanol–water partition coefficient (Wildman–Crippen LogP) is 3.81. The monoisotopic (exact) mass is 236 g/mol. The number of aromatic nitrogens is 2. The first-order valence-corrected chi connectivity index (χ1v) is 6.71. The third-order valence-corrected chi connectivity index (χ3v) is 3.20. The van der Waals surface area contributed by atoms with Gasteiger partial charge in [-0.15, -0.1) is 0 Å². The van der Waals surface area contributed by atoms with E-state index in [1.165, 1.54) is 32.1 Å². The van der Waals surface area contributed by atoms with Crippen LogP contribution in [0.2, 0.25) is 0 Å². The average Bonchev–Trinajstić information content (AvgIpc) is 2.75. The summed E-state index contributed by atoms with van der Waals surface area (Å²) in [5.41, 5.74) is 0.201. The van der Waals surface area contributed by atoms with E-state index < -0.39 is 0 Å². The SMILES string of the molecule is CC(C)(C)COc1cnn(C2CCCCC2)c1. The number of hydrogen-bond acceptors (Lipinski definition) is 2. The van der Waals surface area contributed by atoms with Crippen LogP contribution in [0, 0.1) is 5.41 Å². The van der Waals surface area contributed by atoms with Crippen LogP contribution in [-0.4, -0.2) is 16.4 Å². The molecule has 3 heteroatoms. The molecule has 1 aliphatic rings. The number of ether oxygens (including phenoxy) is 1. The van der Waals surface area contributed by atoms with Crippen molar-refractivity contribution in [3.05, 3.63) is 12.4 Å². The summed E-state index contributed by atoms with van der Waals surface area (Å²) in [5.74, 6) is 0.908. The van der Waals surface area contributed by atoms with Gasteiger partial charge in [0.05, 0.1) is 25.0 Å². The van der Waals surface area contributed by atoms with Gasteiger partial charge in [-0.3, -0.25) is 4.68 Å². The van der Waals surface area contributed by atoms with Gasteiger partial charge in [-0.05, 0) is 18.3 Å². The lowest BCUT2D eigenvalue weighted by atomic mass is 9.96. The van der Waals surface area contributed by atoms with E-state index in [9.17, 15) is 0 Å². The highest BCUT2D eigenvalue weighted by Crippen LogP contribution is 2.28. The molecule has 1 fully saturated rings. The number of nitrogens with zero attached hydrogens (tertiary/aromatic N) is 2. The highest BCUT2D eigenvalue weighted by molar-refractivity contribution is 5.12. The fourth-order valence-corrected chi connectivity index (χ4v) is 2.24. The van der Waals surface area contributed by atoms with E-state index in [0.717, 1.165) is 12.4 Å². The lowest BCUT2D eigenvalue weighted by Crippen LogP contribution is -2.16. The highest BCUT2D eigenvalue weighted by Gasteiger charge is 2.17. The van der Waals surface area contributed by atoms with Gasteiger partial charge >= 0.3 is 0 Å². The van der Waals surface area contributed by atoms with Crippen LogP contribution in [0.15, 0.2) is 12.4 Å². The summed E-state index contributed by atoms with van der Waals surface area (Å²) in [6.07, 6.45) is 10.5. The van der Waals surface area contributed by atoms with Crippen molar-refractivity contribution in [3.8, 4) is 5.75 Å². The standard InChI is InChI=1S/C14H24N2O/c1-14(2,3)11-17-13-9-15-16(10-13)12-7-5-4-6-8-12/h9-10,12H,4-8,11H2,1-3H3. The van der Waals surface area contributed by atoms with E-state index in [1.54, 1.807) is 0 Å². The minimum atomic E-state index is 0.201. The third-order valence-electron chi connectivity index (χ3n) is 3.20. The molecular weight excluding hydrogens is 212 g/mol. The second-order valence-corrected chi connectivity index (χ2v) is 6.30. The molecule has 0 spiro atoms. The maximum Gasteiger partial charge on any atom is 0.157 e. The van der Waals surface area contributed by atoms with E-state index in [1.807, 2.05) is 6.20 Å². The number of hydrogen-bond donors (Lipinski definition) is 0. The van der Waals surface area contributed by atoms with Crippen LogP contribution in [0.1, 0.15) is 58.9 Å². The summed E-state index contributed by atoms with van der Waals surface area (Å²) in [4.78, 5) is 0. The minimum absolute atomic E-state index is 0.201. The molecule has 3 nitrogen and oxygen atoms in total. The largest absolute Gasteiger partial charge is 0.490 e. The fraction of sp³-hybridized carbons (Fsp3) is 0.786. The van der Waals surface area contributed by atoms with Gasteiger partial charge in [0.15, 0.2) is 5.75 Å². The smallest absolute Gasteiger partial charge is 0.157 e. The molecule has 1 aromatic heterocycles. The van der Waals surface area contributed by atoms with Crippen LogP contribution in [0.3, 0.4) is 0 Å². The molecule has 1 heterocycles. The van der Waals surface area contributed by atoms with Crippen LogP contribution in [0.5, 0.6) is 5.75 Å². The predicted molar refractivity (Wildman–Crippen MR) is 69.3 cm³/mol. The Balaban J connectivity index is 1.91. The average molecular weight is 236 g/mol. The molecule has 1 saturated carbocycles. The summed E-state index contributed by atoms with van der Waals surface area (Å²) < 4.78 is 7.85. The zero-order valence-electron chi connectivity index (χ0n) is 11.3. The Hall–Kier alpha value is -0.990. The fourth-order valence-electron chi connectivity index (χ4n) is 2.24. The van der Waals surface area contributed by atoms with Gasteiger partial charge in [0.25, 0.3) is 0 Å². The van der Waals surface area contributed by atoms with E-state index >= 15 is 0 Å². The van der Waals surface area contributed by atoms with Gasteiger partial charge in [-0.1, -0.05) is 40.0 Å². The first kappa shape index (κ1) is 12.5. The van der Waals surface area contributed by atoms with Crippen molar-refractivity contribution >= 4 is 0 Å². The number of rotatable bonds is 3. The van der Waals surface area contributed by atoms with Gasteiger partial charge in [-0.2, -0.15) is 5.10 Å². The molecule has 2 rings (SSSR count). The van der Waals surface area contributed by atoms with Crippen molar-refractivity contribution in [1.29, 1.82) is 0 Å². The second-order valence-electron chi connectivity index (χ2n) is 6.30. The Morgan fingerprint density at radius 1 is 1.29 bits per heavy atom. The Kier molecular flexibility index (Phi) is 3.75. The maximum atomic E-state index is 5.76. The van der Waals surface area contributed by atoms with Crippen molar-refractivity contribution in [1.82, 2.24) is 9.78 Å². The summed E-state index contributed by atoms with van der Waals surface area (Å²) in [7, 11) is 0. The first-order valence-electron chi connectivity index (χ1n) is 6.71. The quantitative estimate of drug-likeness (QED) is 0.798. The summed E-state index contributed by atoms with van der Waals surface area (Å²) in [5, 5.41) is 4.43. The third kappa shape index (κ3) is 3.76. The van der Waals surface area contributed by atoms with Crippen molar-refractivity contribution in [2.24, 2.45) is 5.41 Å². The van der Waals surface area contributed by atoms with Crippen LogP contribution in [0.25, 0.3) is 0 Å². The molecular formula is C14H24N2O. The van der Waals surface area contributed by atoms with Gasteiger partial charge in [0.2, 0.25) is 0 Å². The van der Waals surface area contributed by atoms with Crippen LogP contribution >= 0.6 is 0 Å². The zero-order chi connectivity index (χ0) is 12.3. The molecule has 0 saturated heterocycles. The maximum absolute atomic E-state index is 5.76. The van der Waals surface area contributed by atoms with Crippen molar-refractivity contribution in [2.45, 2.75) is 58.9 Å². The second kappa shape index (κ2) is 5.11. The highest BCUT2D eigenvalue weighted by atomic mass is 16.5.